The third kappa shape index (κ3) is 4.06. The van der Waals surface area contributed by atoms with Gasteiger partial charge in [0.2, 0.25) is 5.78 Å². The van der Waals surface area contributed by atoms with Crippen molar-refractivity contribution in [3.05, 3.63) is 123 Å². The third-order valence-electron chi connectivity index (χ3n) is 6.10. The normalized spacial score (nSPS) is 15.7. The van der Waals surface area contributed by atoms with Crippen LogP contribution in [0.3, 0.4) is 0 Å². The lowest BCUT2D eigenvalue weighted by Crippen LogP contribution is -2.33. The van der Waals surface area contributed by atoms with E-state index in [0.29, 0.717) is 23.0 Å². The van der Waals surface area contributed by atoms with Crippen molar-refractivity contribution in [2.75, 3.05) is 6.54 Å². The molecule has 0 radical (unpaired) electrons. The van der Waals surface area contributed by atoms with Crippen LogP contribution >= 0.6 is 0 Å². The summed E-state index contributed by atoms with van der Waals surface area (Å²) in [6, 6.07) is 22.9. The lowest BCUT2D eigenvalue weighted by Gasteiger charge is -2.26. The van der Waals surface area contributed by atoms with Gasteiger partial charge in [0.15, 0.2) is 11.5 Å². The van der Waals surface area contributed by atoms with E-state index in [-0.39, 0.29) is 23.6 Å². The molecule has 8 heteroatoms. The average Bonchev–Trinajstić information content (AvgIpc) is 3.42. The highest BCUT2D eigenvalue weighted by Crippen LogP contribution is 2.40. The summed E-state index contributed by atoms with van der Waals surface area (Å²) in [7, 11) is 0. The first-order valence-electron chi connectivity index (χ1n) is 11.0. The predicted octanol–water partition coefficient (Wildman–Crippen LogP) is 5.16. The molecule has 0 fully saturated rings. The molecule has 0 spiro atoms. The molecule has 0 aliphatic carbocycles. The molecule has 1 aliphatic rings. The van der Waals surface area contributed by atoms with Crippen molar-refractivity contribution in [2.45, 2.75) is 12.5 Å². The van der Waals surface area contributed by atoms with Crippen LogP contribution in [0.4, 0.5) is 5.69 Å². The van der Waals surface area contributed by atoms with E-state index in [9.17, 15) is 24.8 Å². The number of aliphatic hydroxyl groups excluding tert-OH is 1. The van der Waals surface area contributed by atoms with Crippen molar-refractivity contribution >= 4 is 28.3 Å². The highest BCUT2D eigenvalue weighted by molar-refractivity contribution is 6.16. The Kier molecular flexibility index (Phi) is 5.62. The summed E-state index contributed by atoms with van der Waals surface area (Å²) in [4.78, 5) is 38.7. The number of nitro benzene ring substituents is 1. The molecule has 5 rings (SSSR count). The number of nitro groups is 1. The Morgan fingerprint density at radius 1 is 1.00 bits per heavy atom. The zero-order chi connectivity index (χ0) is 24.5. The van der Waals surface area contributed by atoms with Crippen LogP contribution in [0, 0.1) is 10.1 Å². The maximum Gasteiger partial charge on any atom is 0.290 e. The van der Waals surface area contributed by atoms with E-state index in [0.717, 1.165) is 5.56 Å². The average molecular weight is 468 g/mol. The number of carbonyl (C=O) groups excluding carboxylic acids is 2. The van der Waals surface area contributed by atoms with E-state index in [1.807, 2.05) is 36.4 Å². The van der Waals surface area contributed by atoms with Gasteiger partial charge < -0.3 is 14.4 Å². The van der Waals surface area contributed by atoms with Crippen molar-refractivity contribution in [3.63, 3.8) is 0 Å². The van der Waals surface area contributed by atoms with Gasteiger partial charge in [-0.25, -0.2) is 0 Å². The Bertz CT molecular complexity index is 1440. The number of para-hydroxylation sites is 1. The number of hydrogen-bond acceptors (Lipinski definition) is 6. The second-order valence-corrected chi connectivity index (χ2v) is 8.23. The van der Waals surface area contributed by atoms with Gasteiger partial charge in [0.25, 0.3) is 11.6 Å². The number of ketones is 1. The first kappa shape index (κ1) is 22.1. The van der Waals surface area contributed by atoms with Crippen LogP contribution in [0.1, 0.15) is 27.7 Å². The molecule has 1 N–H and O–H groups in total. The topological polar surface area (TPSA) is 114 Å². The number of amides is 1. The molecule has 0 bridgehead atoms. The molecule has 0 saturated carbocycles. The van der Waals surface area contributed by atoms with Crippen molar-refractivity contribution in [1.29, 1.82) is 0 Å². The molecule has 1 unspecified atom stereocenters. The van der Waals surface area contributed by atoms with Gasteiger partial charge >= 0.3 is 0 Å². The van der Waals surface area contributed by atoms with E-state index in [1.165, 1.54) is 29.2 Å². The number of rotatable bonds is 7. The minimum absolute atomic E-state index is 0.00243. The minimum atomic E-state index is -0.923. The van der Waals surface area contributed by atoms with Gasteiger partial charge in [-0.1, -0.05) is 48.5 Å². The fourth-order valence-corrected chi connectivity index (χ4v) is 4.36. The number of fused-ring (bicyclic) bond motifs is 1. The first-order chi connectivity index (χ1) is 16.9. The SMILES string of the molecule is O=C(C1=C(O)C(=O)N(CCc2ccccc2)C1c1ccc([N+](=O)[O-])cc1)c1cc2ccccc2o1. The number of non-ortho nitro benzene ring substituents is 1. The monoisotopic (exact) mass is 468 g/mol. The zero-order valence-corrected chi connectivity index (χ0v) is 18.5. The van der Waals surface area contributed by atoms with Gasteiger partial charge in [-0.3, -0.25) is 19.7 Å². The minimum Gasteiger partial charge on any atom is -0.503 e. The molecule has 1 atom stereocenters. The Morgan fingerprint density at radius 2 is 1.69 bits per heavy atom. The Balaban J connectivity index is 1.55. The highest BCUT2D eigenvalue weighted by Gasteiger charge is 2.44. The van der Waals surface area contributed by atoms with Crippen LogP contribution in [0.5, 0.6) is 0 Å². The molecule has 174 valence electrons. The largest absolute Gasteiger partial charge is 0.503 e. The van der Waals surface area contributed by atoms with E-state index in [2.05, 4.69) is 0 Å². The second-order valence-electron chi connectivity index (χ2n) is 8.23. The maximum absolute atomic E-state index is 13.6. The molecule has 2 heterocycles. The fraction of sp³-hybridized carbons (Fsp3) is 0.111. The Labute approximate surface area is 199 Å². The van der Waals surface area contributed by atoms with Crippen LogP contribution in [-0.2, 0) is 11.2 Å². The zero-order valence-electron chi connectivity index (χ0n) is 18.5. The Hall–Kier alpha value is -4.72. The molecule has 4 aromatic rings. The molecule has 1 aliphatic heterocycles. The van der Waals surface area contributed by atoms with Crippen LogP contribution in [0.15, 0.2) is 101 Å². The quantitative estimate of drug-likeness (QED) is 0.228. The first-order valence-corrected chi connectivity index (χ1v) is 11.0. The van der Waals surface area contributed by atoms with Crippen molar-refractivity contribution in [3.8, 4) is 0 Å². The third-order valence-corrected chi connectivity index (χ3v) is 6.10. The molecule has 3 aromatic carbocycles. The van der Waals surface area contributed by atoms with E-state index in [1.54, 1.807) is 24.3 Å². The number of aliphatic hydroxyl groups is 1. The highest BCUT2D eigenvalue weighted by atomic mass is 16.6. The van der Waals surface area contributed by atoms with E-state index >= 15 is 0 Å². The lowest BCUT2D eigenvalue weighted by molar-refractivity contribution is -0.384. The number of furan rings is 1. The molecule has 1 aromatic heterocycles. The summed E-state index contributed by atoms with van der Waals surface area (Å²) in [6.45, 7) is 0.228. The van der Waals surface area contributed by atoms with Crippen molar-refractivity contribution in [2.24, 2.45) is 0 Å². The van der Waals surface area contributed by atoms with Gasteiger partial charge in [-0.2, -0.15) is 0 Å². The summed E-state index contributed by atoms with van der Waals surface area (Å²) >= 11 is 0. The number of carbonyl (C=O) groups is 2. The van der Waals surface area contributed by atoms with Crippen LogP contribution in [-0.4, -0.2) is 33.2 Å². The molecule has 0 saturated heterocycles. The molecular formula is C27H20N2O6. The summed E-state index contributed by atoms with van der Waals surface area (Å²) in [5.74, 6) is -1.94. The summed E-state index contributed by atoms with van der Waals surface area (Å²) in [5, 5.41) is 22.7. The van der Waals surface area contributed by atoms with Crippen molar-refractivity contribution < 1.29 is 24.0 Å². The molecule has 35 heavy (non-hydrogen) atoms. The van der Waals surface area contributed by atoms with Crippen molar-refractivity contribution in [1.82, 2.24) is 4.90 Å². The second kappa shape index (κ2) is 8.90. The number of Topliss-reactive ketones (excluding diaryl/α,β-unsaturated/α-hetero) is 1. The van der Waals surface area contributed by atoms with Crippen LogP contribution < -0.4 is 0 Å². The van der Waals surface area contributed by atoms with Gasteiger partial charge in [0.05, 0.1) is 16.5 Å². The summed E-state index contributed by atoms with van der Waals surface area (Å²) in [6.07, 6.45) is 0.495. The number of benzene rings is 3. The fourth-order valence-electron chi connectivity index (χ4n) is 4.36. The van der Waals surface area contributed by atoms with Gasteiger partial charge in [0, 0.05) is 24.1 Å². The maximum atomic E-state index is 13.6. The predicted molar refractivity (Wildman–Crippen MR) is 128 cm³/mol. The van der Waals surface area contributed by atoms with Gasteiger partial charge in [-0.05, 0) is 41.8 Å². The molecule has 8 nitrogen and oxygen atoms in total. The molecule has 1 amide bonds. The Morgan fingerprint density at radius 3 is 2.37 bits per heavy atom. The van der Waals surface area contributed by atoms with E-state index < -0.39 is 28.4 Å². The smallest absolute Gasteiger partial charge is 0.290 e. The number of hydrogen-bond donors (Lipinski definition) is 1. The van der Waals surface area contributed by atoms with Gasteiger partial charge in [-0.15, -0.1) is 0 Å². The summed E-state index contributed by atoms with van der Waals surface area (Å²) in [5.41, 5.74) is 1.73. The lowest BCUT2D eigenvalue weighted by atomic mass is 9.94. The van der Waals surface area contributed by atoms with Gasteiger partial charge in [0.1, 0.15) is 5.58 Å². The molecular weight excluding hydrogens is 448 g/mol. The van der Waals surface area contributed by atoms with E-state index in [4.69, 9.17) is 4.42 Å². The number of nitrogens with zero attached hydrogens (tertiary/aromatic N) is 2. The van der Waals surface area contributed by atoms with Crippen LogP contribution in [0.2, 0.25) is 0 Å². The van der Waals surface area contributed by atoms with Crippen LogP contribution in [0.25, 0.3) is 11.0 Å². The summed E-state index contributed by atoms with van der Waals surface area (Å²) < 4.78 is 5.71. The standard InChI is InChI=1S/C27H20N2O6/c30-25(22-16-19-8-4-5-9-21(19)35-22)23-24(18-10-12-20(13-11-18)29(33)34)28(27(32)26(23)31)15-14-17-6-2-1-3-7-17/h1-13,16,24,31H,14-15H2.